The van der Waals surface area contributed by atoms with Crippen LogP contribution in [0.25, 0.3) is 0 Å². The number of carboxylic acid groups (broad SMARTS) is 1. The third kappa shape index (κ3) is 6.37. The molecule has 8 nitrogen and oxygen atoms in total. The number of hydrogen-bond acceptors (Lipinski definition) is 4. The molecule has 0 aliphatic heterocycles. The Morgan fingerprint density at radius 2 is 1.77 bits per heavy atom. The summed E-state index contributed by atoms with van der Waals surface area (Å²) in [6.07, 6.45) is 4.77. The summed E-state index contributed by atoms with van der Waals surface area (Å²) in [7, 11) is 0. The van der Waals surface area contributed by atoms with Gasteiger partial charge in [-0.15, -0.1) is 0 Å². The van der Waals surface area contributed by atoms with Gasteiger partial charge in [-0.3, -0.25) is 14.2 Å². The number of amides is 2. The van der Waals surface area contributed by atoms with E-state index in [0.29, 0.717) is 31.5 Å². The van der Waals surface area contributed by atoms with Crippen molar-refractivity contribution in [2.75, 3.05) is 5.32 Å². The number of nitrogens with one attached hydrogen (secondary N) is 2. The first-order valence-corrected chi connectivity index (χ1v) is 11.4. The van der Waals surface area contributed by atoms with Gasteiger partial charge in [0.25, 0.3) is 5.91 Å². The van der Waals surface area contributed by atoms with E-state index in [9.17, 15) is 9.59 Å². The van der Waals surface area contributed by atoms with Crippen LogP contribution in [0.3, 0.4) is 0 Å². The summed E-state index contributed by atoms with van der Waals surface area (Å²) in [5.41, 5.74) is 2.70. The second kappa shape index (κ2) is 11.5. The Hall–Kier alpha value is -3.90. The summed E-state index contributed by atoms with van der Waals surface area (Å²) < 4.78 is 1.64. The van der Waals surface area contributed by atoms with Crippen LogP contribution in [0.2, 0.25) is 5.02 Å². The van der Waals surface area contributed by atoms with E-state index in [4.69, 9.17) is 16.7 Å². The van der Waals surface area contributed by atoms with Gasteiger partial charge in [0, 0.05) is 23.4 Å². The molecule has 0 radical (unpaired) electrons. The first-order valence-electron chi connectivity index (χ1n) is 11.0. The number of aryl methyl sites for hydroxylation is 1. The average Bonchev–Trinajstić information content (AvgIpc) is 3.21. The monoisotopic (exact) mass is 497 g/mol. The SMILES string of the molecule is Cc1cc(C#Cc2ccccc2)cnc1NC(=O)c1c(Cl)cnn1[C@H]1CC[C@@H](NC(=O)O)CC1.F. The third-order valence-electron chi connectivity index (χ3n) is 5.77. The molecule has 3 aromatic rings. The number of carbonyl (C=O) groups excluding carboxylic acids is 1. The van der Waals surface area contributed by atoms with E-state index in [-0.39, 0.29) is 27.5 Å². The van der Waals surface area contributed by atoms with Crippen molar-refractivity contribution in [1.82, 2.24) is 20.1 Å². The Balaban J connectivity index is 0.00000342. The van der Waals surface area contributed by atoms with Gasteiger partial charge in [0.15, 0.2) is 0 Å². The lowest BCUT2D eigenvalue weighted by Crippen LogP contribution is -2.37. The lowest BCUT2D eigenvalue weighted by molar-refractivity contribution is 0.101. The normalized spacial score (nSPS) is 16.9. The van der Waals surface area contributed by atoms with E-state index in [2.05, 4.69) is 32.6 Å². The smallest absolute Gasteiger partial charge is 0.404 e. The first kappa shape index (κ1) is 25.7. The topological polar surface area (TPSA) is 109 Å². The Morgan fingerprint density at radius 3 is 2.43 bits per heavy atom. The highest BCUT2D eigenvalue weighted by Gasteiger charge is 2.28. The summed E-state index contributed by atoms with van der Waals surface area (Å²) in [5.74, 6) is 6.20. The number of anilines is 1. The molecule has 0 unspecified atom stereocenters. The summed E-state index contributed by atoms with van der Waals surface area (Å²) >= 11 is 6.31. The zero-order chi connectivity index (χ0) is 24.1. The molecule has 2 aromatic heterocycles. The molecule has 35 heavy (non-hydrogen) atoms. The predicted molar refractivity (Wildman–Crippen MR) is 132 cm³/mol. The largest absolute Gasteiger partial charge is 0.465 e. The second-order valence-electron chi connectivity index (χ2n) is 8.20. The van der Waals surface area contributed by atoms with Crippen LogP contribution < -0.4 is 10.6 Å². The van der Waals surface area contributed by atoms with Gasteiger partial charge >= 0.3 is 6.09 Å². The van der Waals surface area contributed by atoms with Crippen LogP contribution in [0.15, 0.2) is 48.8 Å². The first-order chi connectivity index (χ1) is 16.4. The number of carbonyl (C=O) groups is 2. The Morgan fingerprint density at radius 1 is 1.09 bits per heavy atom. The number of halogens is 2. The fourth-order valence-corrected chi connectivity index (χ4v) is 4.29. The van der Waals surface area contributed by atoms with Crippen molar-refractivity contribution in [3.8, 4) is 11.8 Å². The van der Waals surface area contributed by atoms with Crippen molar-refractivity contribution in [3.63, 3.8) is 0 Å². The summed E-state index contributed by atoms with van der Waals surface area (Å²) in [6.45, 7) is 1.85. The molecule has 1 aromatic carbocycles. The number of hydrogen-bond donors (Lipinski definition) is 3. The van der Waals surface area contributed by atoms with Crippen LogP contribution in [0.5, 0.6) is 0 Å². The lowest BCUT2D eigenvalue weighted by atomic mass is 9.91. The fraction of sp³-hybridized carbons (Fsp3) is 0.280. The van der Waals surface area contributed by atoms with E-state index in [1.54, 1.807) is 10.9 Å². The van der Waals surface area contributed by atoms with Crippen molar-refractivity contribution in [1.29, 1.82) is 0 Å². The second-order valence-corrected chi connectivity index (χ2v) is 8.61. The van der Waals surface area contributed by atoms with Gasteiger partial charge in [-0.2, -0.15) is 5.10 Å². The Kier molecular flexibility index (Phi) is 8.44. The molecule has 1 saturated carbocycles. The highest BCUT2D eigenvalue weighted by molar-refractivity contribution is 6.34. The Bertz CT molecular complexity index is 1260. The van der Waals surface area contributed by atoms with Gasteiger partial charge in [-0.05, 0) is 56.4 Å². The molecule has 0 bridgehead atoms. The maximum atomic E-state index is 13.1. The lowest BCUT2D eigenvalue weighted by Gasteiger charge is -2.29. The molecule has 4 rings (SSSR count). The standard InChI is InChI=1S/C25H24ClN5O3.FH/c1-16-13-18(8-7-17-5-3-2-4-6-17)14-27-23(16)30-24(32)22-21(26)15-28-31(22)20-11-9-19(10-12-20)29-25(33)34;/h2-6,13-15,19-20,29H,9-12H2,1H3,(H,33,34)(H,27,30,32);1H/t19-,20+;. The van der Waals surface area contributed by atoms with Gasteiger partial charge in [0.1, 0.15) is 11.5 Å². The van der Waals surface area contributed by atoms with Gasteiger partial charge in [-0.1, -0.05) is 41.6 Å². The van der Waals surface area contributed by atoms with E-state index in [0.717, 1.165) is 16.7 Å². The van der Waals surface area contributed by atoms with Crippen LogP contribution in [0.4, 0.5) is 15.3 Å². The van der Waals surface area contributed by atoms with E-state index in [1.807, 2.05) is 43.3 Å². The van der Waals surface area contributed by atoms with Crippen LogP contribution in [-0.4, -0.2) is 37.9 Å². The molecule has 0 atom stereocenters. The van der Waals surface area contributed by atoms with Crippen molar-refractivity contribution in [3.05, 3.63) is 76.2 Å². The molecule has 0 spiro atoms. The van der Waals surface area contributed by atoms with E-state index >= 15 is 0 Å². The fourth-order valence-electron chi connectivity index (χ4n) is 4.08. The minimum absolute atomic E-state index is 0. The zero-order valence-corrected chi connectivity index (χ0v) is 19.7. The van der Waals surface area contributed by atoms with E-state index in [1.165, 1.54) is 6.20 Å². The maximum Gasteiger partial charge on any atom is 0.404 e. The van der Waals surface area contributed by atoms with Crippen LogP contribution in [0, 0.1) is 18.8 Å². The molecule has 2 heterocycles. The van der Waals surface area contributed by atoms with Crippen molar-refractivity contribution in [2.45, 2.75) is 44.7 Å². The molecule has 1 aliphatic carbocycles. The van der Waals surface area contributed by atoms with Crippen molar-refractivity contribution in [2.24, 2.45) is 0 Å². The number of pyridine rings is 1. The molecular weight excluding hydrogens is 473 g/mol. The molecular formula is C25H25ClFN5O3. The van der Waals surface area contributed by atoms with Gasteiger partial charge in [0.05, 0.1) is 17.3 Å². The molecule has 0 saturated heterocycles. The molecule has 1 fully saturated rings. The minimum Gasteiger partial charge on any atom is -0.465 e. The summed E-state index contributed by atoms with van der Waals surface area (Å²) in [5, 5.41) is 18.9. The maximum absolute atomic E-state index is 13.1. The van der Waals surface area contributed by atoms with Gasteiger partial charge < -0.3 is 15.7 Å². The Labute approximate surface area is 207 Å². The minimum atomic E-state index is -1.02. The predicted octanol–water partition coefficient (Wildman–Crippen LogP) is 4.80. The number of benzene rings is 1. The third-order valence-corrected chi connectivity index (χ3v) is 6.05. The van der Waals surface area contributed by atoms with E-state index < -0.39 is 12.0 Å². The molecule has 10 heteroatoms. The van der Waals surface area contributed by atoms with Crippen LogP contribution >= 0.6 is 11.6 Å². The molecule has 2 amide bonds. The molecule has 3 N–H and O–H groups in total. The number of nitrogens with zero attached hydrogens (tertiary/aromatic N) is 3. The highest BCUT2D eigenvalue weighted by atomic mass is 35.5. The van der Waals surface area contributed by atoms with Crippen molar-refractivity contribution >= 4 is 29.4 Å². The van der Waals surface area contributed by atoms with Crippen LogP contribution in [0.1, 0.15) is 58.9 Å². The molecule has 1 aliphatic rings. The average molecular weight is 498 g/mol. The van der Waals surface area contributed by atoms with Crippen molar-refractivity contribution < 1.29 is 19.4 Å². The van der Waals surface area contributed by atoms with Gasteiger partial charge in [0.2, 0.25) is 0 Å². The zero-order valence-electron chi connectivity index (χ0n) is 19.0. The highest BCUT2D eigenvalue weighted by Crippen LogP contribution is 2.31. The molecule has 182 valence electrons. The van der Waals surface area contributed by atoms with Crippen LogP contribution in [-0.2, 0) is 0 Å². The quantitative estimate of drug-likeness (QED) is 0.449. The summed E-state index contributed by atoms with van der Waals surface area (Å²) in [4.78, 5) is 28.4. The summed E-state index contributed by atoms with van der Waals surface area (Å²) in [6, 6.07) is 11.4. The number of aromatic nitrogens is 3. The number of rotatable bonds is 4. The van der Waals surface area contributed by atoms with Gasteiger partial charge in [-0.25, -0.2) is 9.78 Å².